The van der Waals surface area contributed by atoms with Gasteiger partial charge in [-0.05, 0) is 12.0 Å². The number of rotatable bonds is 2. The fraction of sp³-hybridized carbons (Fsp3) is 0.333. The second-order valence-corrected chi connectivity index (χ2v) is 5.17. The highest BCUT2D eigenvalue weighted by Crippen LogP contribution is 2.31. The van der Waals surface area contributed by atoms with Crippen LogP contribution in [0.15, 0.2) is 17.1 Å². The Labute approximate surface area is 122 Å². The molecule has 0 aliphatic heterocycles. The van der Waals surface area contributed by atoms with Gasteiger partial charge in [-0.1, -0.05) is 25.4 Å². The van der Waals surface area contributed by atoms with E-state index in [-0.39, 0.29) is 22.4 Å². The van der Waals surface area contributed by atoms with E-state index >= 15 is 0 Å². The zero-order valence-corrected chi connectivity index (χ0v) is 11.9. The van der Waals surface area contributed by atoms with E-state index in [1.807, 2.05) is 13.8 Å². The van der Waals surface area contributed by atoms with Crippen LogP contribution in [0.5, 0.6) is 0 Å². The average Bonchev–Trinajstić information content (AvgIpc) is 2.65. The first-order chi connectivity index (χ1) is 9.62. The van der Waals surface area contributed by atoms with Crippen molar-refractivity contribution in [3.05, 3.63) is 38.9 Å². The van der Waals surface area contributed by atoms with Crippen molar-refractivity contribution in [2.75, 3.05) is 5.73 Å². The van der Waals surface area contributed by atoms with Crippen molar-refractivity contribution in [3.8, 4) is 5.82 Å². The van der Waals surface area contributed by atoms with Crippen LogP contribution in [-0.4, -0.2) is 14.8 Å². The van der Waals surface area contributed by atoms with E-state index in [4.69, 9.17) is 17.3 Å². The Morgan fingerprint density at radius 1 is 1.43 bits per heavy atom. The van der Waals surface area contributed by atoms with Crippen molar-refractivity contribution in [1.29, 1.82) is 0 Å². The third-order valence-corrected chi connectivity index (χ3v) is 3.17. The molecular weight excluding hydrogens is 309 g/mol. The molecule has 0 aliphatic carbocycles. The molecule has 2 aromatic heterocycles. The van der Waals surface area contributed by atoms with Gasteiger partial charge in [-0.25, -0.2) is 4.98 Å². The molecule has 0 spiro atoms. The summed E-state index contributed by atoms with van der Waals surface area (Å²) in [6, 6.07) is 0.711. The summed E-state index contributed by atoms with van der Waals surface area (Å²) in [5, 5.41) is 2.41. The van der Waals surface area contributed by atoms with Crippen LogP contribution in [0.3, 0.4) is 0 Å². The third-order valence-electron chi connectivity index (χ3n) is 2.89. The molecule has 2 rings (SSSR count). The first kappa shape index (κ1) is 15.4. The lowest BCUT2D eigenvalue weighted by atomic mass is 10.1. The number of nitrogens with zero attached hydrogens (tertiary/aromatic N) is 2. The molecule has 2 heterocycles. The quantitative estimate of drug-likeness (QED) is 0.893. The normalized spacial score (nSPS) is 12.1. The van der Waals surface area contributed by atoms with E-state index in [2.05, 4.69) is 10.1 Å². The van der Waals surface area contributed by atoms with E-state index in [0.29, 0.717) is 18.0 Å². The number of nitrogens with one attached hydrogen (secondary N) is 1. The Kier molecular flexibility index (Phi) is 3.75. The maximum atomic E-state index is 12.6. The zero-order valence-electron chi connectivity index (χ0n) is 11.1. The number of hydrogen-bond donors (Lipinski definition) is 2. The summed E-state index contributed by atoms with van der Waals surface area (Å²) in [5.41, 5.74) is 4.54. The second-order valence-electron chi connectivity index (χ2n) is 4.76. The highest BCUT2D eigenvalue weighted by Gasteiger charge is 2.32. The van der Waals surface area contributed by atoms with Gasteiger partial charge in [0.25, 0.3) is 5.56 Å². The van der Waals surface area contributed by atoms with Gasteiger partial charge in [-0.2, -0.15) is 17.9 Å². The van der Waals surface area contributed by atoms with E-state index in [1.165, 1.54) is 0 Å². The van der Waals surface area contributed by atoms with Gasteiger partial charge in [0, 0.05) is 6.20 Å². The summed E-state index contributed by atoms with van der Waals surface area (Å²) in [5.74, 6) is -0.194. The molecule has 0 fully saturated rings. The summed E-state index contributed by atoms with van der Waals surface area (Å²) in [6.07, 6.45) is -3.95. The van der Waals surface area contributed by atoms with Gasteiger partial charge >= 0.3 is 6.18 Å². The van der Waals surface area contributed by atoms with Crippen LogP contribution < -0.4 is 11.3 Å². The van der Waals surface area contributed by atoms with Crippen LogP contribution in [0.2, 0.25) is 5.02 Å². The standard InChI is InChI=1S/C12H12ClF3N4O/c1-5(2)9-8(17)11(21)20(19-9)10-7(13)3-6(4-18-10)12(14,15)16/h3-5,19H,17H2,1-2H3. The van der Waals surface area contributed by atoms with Crippen LogP contribution in [-0.2, 0) is 6.18 Å². The van der Waals surface area contributed by atoms with Crippen LogP contribution in [0.1, 0.15) is 31.0 Å². The lowest BCUT2D eigenvalue weighted by molar-refractivity contribution is -0.137. The summed E-state index contributed by atoms with van der Waals surface area (Å²) in [7, 11) is 0. The Morgan fingerprint density at radius 2 is 2.05 bits per heavy atom. The van der Waals surface area contributed by atoms with Crippen LogP contribution in [0.4, 0.5) is 18.9 Å². The van der Waals surface area contributed by atoms with Gasteiger partial charge in [0.2, 0.25) is 0 Å². The topological polar surface area (TPSA) is 76.7 Å². The molecule has 0 saturated carbocycles. The molecule has 0 bridgehead atoms. The van der Waals surface area contributed by atoms with Crippen LogP contribution in [0, 0.1) is 0 Å². The van der Waals surface area contributed by atoms with Gasteiger partial charge in [-0.3, -0.25) is 9.89 Å². The van der Waals surface area contributed by atoms with Crippen molar-refractivity contribution in [1.82, 2.24) is 14.8 Å². The minimum Gasteiger partial charge on any atom is -0.393 e. The highest BCUT2D eigenvalue weighted by molar-refractivity contribution is 6.32. The molecule has 0 saturated heterocycles. The predicted octanol–water partition coefficient (Wildman–Crippen LogP) is 2.94. The lowest BCUT2D eigenvalue weighted by Gasteiger charge is -2.09. The number of H-pyrrole nitrogens is 1. The van der Waals surface area contributed by atoms with Crippen molar-refractivity contribution in [2.24, 2.45) is 0 Å². The smallest absolute Gasteiger partial charge is 0.393 e. The number of nitrogens with two attached hydrogens (primary N) is 1. The van der Waals surface area contributed by atoms with E-state index in [0.717, 1.165) is 4.68 Å². The number of hydrogen-bond acceptors (Lipinski definition) is 3. The molecule has 0 atom stereocenters. The molecule has 0 unspecified atom stereocenters. The molecular formula is C12H12ClF3N4O. The van der Waals surface area contributed by atoms with Crippen molar-refractivity contribution in [3.63, 3.8) is 0 Å². The molecule has 114 valence electrons. The van der Waals surface area contributed by atoms with Crippen molar-refractivity contribution in [2.45, 2.75) is 25.9 Å². The maximum Gasteiger partial charge on any atom is 0.417 e. The third kappa shape index (κ3) is 2.76. The Hall–Kier alpha value is -1.96. The molecule has 2 aromatic rings. The Balaban J connectivity index is 2.59. The SMILES string of the molecule is CC(C)c1[nH]n(-c2ncc(C(F)(F)F)cc2Cl)c(=O)c1N. The molecule has 0 amide bonds. The molecule has 0 aromatic carbocycles. The van der Waals surface area contributed by atoms with Crippen molar-refractivity contribution < 1.29 is 13.2 Å². The summed E-state index contributed by atoms with van der Waals surface area (Å²) >= 11 is 5.80. The maximum absolute atomic E-state index is 12.6. The summed E-state index contributed by atoms with van der Waals surface area (Å²) in [4.78, 5) is 15.6. The Bertz CT molecular complexity index is 733. The van der Waals surface area contributed by atoms with Crippen molar-refractivity contribution >= 4 is 17.3 Å². The molecule has 9 heteroatoms. The number of nitrogen functional groups attached to an aromatic ring is 1. The number of aromatic nitrogens is 3. The molecule has 3 N–H and O–H groups in total. The van der Waals surface area contributed by atoms with Gasteiger partial charge in [0.05, 0.1) is 16.3 Å². The largest absolute Gasteiger partial charge is 0.417 e. The summed E-state index contributed by atoms with van der Waals surface area (Å²) in [6.45, 7) is 3.63. The number of aromatic amines is 1. The van der Waals surface area contributed by atoms with Gasteiger partial charge in [0.1, 0.15) is 5.69 Å². The van der Waals surface area contributed by atoms with Crippen LogP contribution >= 0.6 is 11.6 Å². The molecule has 21 heavy (non-hydrogen) atoms. The highest BCUT2D eigenvalue weighted by atomic mass is 35.5. The molecule has 0 radical (unpaired) electrons. The van der Waals surface area contributed by atoms with E-state index in [1.54, 1.807) is 0 Å². The molecule has 5 nitrogen and oxygen atoms in total. The monoisotopic (exact) mass is 320 g/mol. The molecule has 0 aliphatic rings. The van der Waals surface area contributed by atoms with E-state index < -0.39 is 17.3 Å². The minimum atomic E-state index is -4.56. The second kappa shape index (κ2) is 5.10. The van der Waals surface area contributed by atoms with Gasteiger partial charge in [0.15, 0.2) is 5.82 Å². The zero-order chi connectivity index (χ0) is 15.9. The first-order valence-electron chi connectivity index (χ1n) is 5.96. The lowest BCUT2D eigenvalue weighted by Crippen LogP contribution is -2.18. The fourth-order valence-electron chi connectivity index (χ4n) is 1.81. The van der Waals surface area contributed by atoms with Gasteiger partial charge in [-0.15, -0.1) is 0 Å². The number of alkyl halides is 3. The predicted molar refractivity (Wildman–Crippen MR) is 72.7 cm³/mol. The fourth-order valence-corrected chi connectivity index (χ4v) is 2.06. The Morgan fingerprint density at radius 3 is 2.48 bits per heavy atom. The van der Waals surface area contributed by atoms with Gasteiger partial charge < -0.3 is 5.73 Å². The number of anilines is 1. The average molecular weight is 321 g/mol. The van der Waals surface area contributed by atoms with Crippen LogP contribution in [0.25, 0.3) is 5.82 Å². The summed E-state index contributed by atoms with van der Waals surface area (Å²) < 4.78 is 38.6. The minimum absolute atomic E-state index is 0.0113. The number of halogens is 4. The first-order valence-corrected chi connectivity index (χ1v) is 6.34. The number of pyridine rings is 1. The van der Waals surface area contributed by atoms with E-state index in [9.17, 15) is 18.0 Å².